The Bertz CT molecular complexity index is 446. The molecule has 112 valence electrons. The Morgan fingerprint density at radius 2 is 1.95 bits per heavy atom. The second kappa shape index (κ2) is 6.88. The molecule has 1 fully saturated rings. The normalized spacial score (nSPS) is 17.1. The summed E-state index contributed by atoms with van der Waals surface area (Å²) in [4.78, 5) is 14.2. The Hall–Kier alpha value is -1.36. The molecule has 0 bridgehead atoms. The van der Waals surface area contributed by atoms with Crippen molar-refractivity contribution < 1.29 is 0 Å². The highest BCUT2D eigenvalue weighted by atomic mass is 15.2. The first-order chi connectivity index (χ1) is 9.65. The molecule has 5 heteroatoms. The Morgan fingerprint density at radius 3 is 2.65 bits per heavy atom. The fraction of sp³-hybridized carbons (Fsp3) is 0.733. The van der Waals surface area contributed by atoms with Crippen LogP contribution in [-0.2, 0) is 6.42 Å². The number of aryl methyl sites for hydroxylation is 1. The van der Waals surface area contributed by atoms with Gasteiger partial charge in [-0.15, -0.1) is 0 Å². The van der Waals surface area contributed by atoms with E-state index in [0.29, 0.717) is 0 Å². The fourth-order valence-corrected chi connectivity index (χ4v) is 2.69. The summed E-state index contributed by atoms with van der Waals surface area (Å²) in [5, 5.41) is 3.21. The monoisotopic (exact) mass is 277 g/mol. The maximum atomic E-state index is 4.82. The van der Waals surface area contributed by atoms with Crippen molar-refractivity contribution in [1.29, 1.82) is 0 Å². The van der Waals surface area contributed by atoms with Gasteiger partial charge in [0.05, 0.1) is 0 Å². The lowest BCUT2D eigenvalue weighted by atomic mass is 10.2. The van der Waals surface area contributed by atoms with Crippen LogP contribution in [0.25, 0.3) is 0 Å². The van der Waals surface area contributed by atoms with Crippen LogP contribution in [0.5, 0.6) is 0 Å². The second-order valence-electron chi connectivity index (χ2n) is 5.58. The van der Waals surface area contributed by atoms with Crippen LogP contribution in [0.15, 0.2) is 0 Å². The molecule has 0 aromatic carbocycles. The van der Waals surface area contributed by atoms with E-state index in [9.17, 15) is 0 Å². The fourth-order valence-electron chi connectivity index (χ4n) is 2.69. The SMILES string of the molecule is CCCc1nc(NC)c(C)c(N2CCCN(C)CC2)n1. The molecule has 20 heavy (non-hydrogen) atoms. The summed E-state index contributed by atoms with van der Waals surface area (Å²) in [6.45, 7) is 8.68. The molecule has 5 nitrogen and oxygen atoms in total. The topological polar surface area (TPSA) is 44.3 Å². The lowest BCUT2D eigenvalue weighted by molar-refractivity contribution is 0.360. The van der Waals surface area contributed by atoms with E-state index in [1.165, 1.54) is 13.0 Å². The van der Waals surface area contributed by atoms with Crippen molar-refractivity contribution in [3.63, 3.8) is 0 Å². The molecule has 1 aliphatic heterocycles. The number of anilines is 2. The molecule has 1 N–H and O–H groups in total. The standard InChI is InChI=1S/C15H27N5/c1-5-7-13-17-14(16-3)12(2)15(18-13)20-9-6-8-19(4)10-11-20/h5-11H2,1-4H3,(H,16,17,18). The third kappa shape index (κ3) is 3.39. The summed E-state index contributed by atoms with van der Waals surface area (Å²) < 4.78 is 0. The van der Waals surface area contributed by atoms with Gasteiger partial charge < -0.3 is 15.1 Å². The van der Waals surface area contributed by atoms with E-state index in [2.05, 4.69) is 41.0 Å². The van der Waals surface area contributed by atoms with Crippen molar-refractivity contribution in [2.45, 2.75) is 33.1 Å². The molecule has 0 saturated carbocycles. The van der Waals surface area contributed by atoms with Gasteiger partial charge in [-0.1, -0.05) is 6.92 Å². The van der Waals surface area contributed by atoms with Crippen LogP contribution in [0, 0.1) is 6.92 Å². The molecule has 1 aliphatic rings. The summed E-state index contributed by atoms with van der Waals surface area (Å²) in [7, 11) is 4.13. The molecule has 0 atom stereocenters. The summed E-state index contributed by atoms with van der Waals surface area (Å²) in [6.07, 6.45) is 3.21. The van der Waals surface area contributed by atoms with Crippen molar-refractivity contribution in [2.24, 2.45) is 0 Å². The molecule has 0 radical (unpaired) electrons. The van der Waals surface area contributed by atoms with E-state index in [4.69, 9.17) is 4.98 Å². The summed E-state index contributed by atoms with van der Waals surface area (Å²) >= 11 is 0. The van der Waals surface area contributed by atoms with Gasteiger partial charge in [-0.2, -0.15) is 0 Å². The quantitative estimate of drug-likeness (QED) is 0.911. The Balaban J connectivity index is 2.30. The minimum Gasteiger partial charge on any atom is -0.373 e. The number of hydrogen-bond acceptors (Lipinski definition) is 5. The van der Waals surface area contributed by atoms with Crippen molar-refractivity contribution in [3.8, 4) is 0 Å². The van der Waals surface area contributed by atoms with Crippen molar-refractivity contribution >= 4 is 11.6 Å². The first-order valence-corrected chi connectivity index (χ1v) is 7.64. The zero-order chi connectivity index (χ0) is 14.5. The van der Waals surface area contributed by atoms with Gasteiger partial charge in [0, 0.05) is 38.7 Å². The van der Waals surface area contributed by atoms with E-state index < -0.39 is 0 Å². The first-order valence-electron chi connectivity index (χ1n) is 7.64. The predicted octanol–water partition coefficient (Wildman–Crippen LogP) is 1.92. The Morgan fingerprint density at radius 1 is 1.15 bits per heavy atom. The van der Waals surface area contributed by atoms with E-state index in [-0.39, 0.29) is 0 Å². The highest BCUT2D eigenvalue weighted by Gasteiger charge is 2.18. The van der Waals surface area contributed by atoms with Gasteiger partial charge in [-0.3, -0.25) is 0 Å². The van der Waals surface area contributed by atoms with Gasteiger partial charge in [-0.05, 0) is 33.4 Å². The summed E-state index contributed by atoms with van der Waals surface area (Å²) in [5.74, 6) is 3.04. The summed E-state index contributed by atoms with van der Waals surface area (Å²) in [6, 6.07) is 0. The van der Waals surface area contributed by atoms with Crippen LogP contribution in [-0.4, -0.2) is 55.1 Å². The number of rotatable bonds is 4. The molecule has 0 amide bonds. The molecule has 0 spiro atoms. The van der Waals surface area contributed by atoms with Gasteiger partial charge in [0.2, 0.25) is 0 Å². The van der Waals surface area contributed by atoms with Gasteiger partial charge in [-0.25, -0.2) is 9.97 Å². The zero-order valence-corrected chi connectivity index (χ0v) is 13.2. The number of likely N-dealkylation sites (N-methyl/N-ethyl adjacent to an activating group) is 1. The van der Waals surface area contributed by atoms with Gasteiger partial charge >= 0.3 is 0 Å². The van der Waals surface area contributed by atoms with Crippen molar-refractivity contribution in [1.82, 2.24) is 14.9 Å². The second-order valence-corrected chi connectivity index (χ2v) is 5.58. The highest BCUT2D eigenvalue weighted by Crippen LogP contribution is 2.24. The molecule has 0 aliphatic carbocycles. The van der Waals surface area contributed by atoms with E-state index in [0.717, 1.165) is 55.5 Å². The molecule has 2 rings (SSSR count). The van der Waals surface area contributed by atoms with Crippen LogP contribution < -0.4 is 10.2 Å². The van der Waals surface area contributed by atoms with E-state index in [1.807, 2.05) is 7.05 Å². The van der Waals surface area contributed by atoms with Crippen LogP contribution in [0.3, 0.4) is 0 Å². The smallest absolute Gasteiger partial charge is 0.137 e. The molecule has 1 saturated heterocycles. The van der Waals surface area contributed by atoms with Gasteiger partial charge in [0.1, 0.15) is 17.5 Å². The number of hydrogen-bond donors (Lipinski definition) is 1. The zero-order valence-electron chi connectivity index (χ0n) is 13.2. The summed E-state index contributed by atoms with van der Waals surface area (Å²) in [5.41, 5.74) is 1.16. The van der Waals surface area contributed by atoms with Crippen LogP contribution >= 0.6 is 0 Å². The lowest BCUT2D eigenvalue weighted by Crippen LogP contribution is -2.30. The molecular weight excluding hydrogens is 250 g/mol. The van der Waals surface area contributed by atoms with E-state index >= 15 is 0 Å². The average molecular weight is 277 g/mol. The van der Waals surface area contributed by atoms with E-state index in [1.54, 1.807) is 0 Å². The largest absolute Gasteiger partial charge is 0.373 e. The third-order valence-electron chi connectivity index (χ3n) is 3.90. The number of aromatic nitrogens is 2. The molecule has 1 aromatic rings. The Kier molecular flexibility index (Phi) is 5.17. The van der Waals surface area contributed by atoms with Crippen molar-refractivity contribution in [3.05, 3.63) is 11.4 Å². The Labute approximate surface area is 122 Å². The van der Waals surface area contributed by atoms with Crippen molar-refractivity contribution in [2.75, 3.05) is 50.5 Å². The highest BCUT2D eigenvalue weighted by molar-refractivity contribution is 5.58. The van der Waals surface area contributed by atoms with Gasteiger partial charge in [0.15, 0.2) is 0 Å². The molecule has 0 unspecified atom stereocenters. The average Bonchev–Trinajstić information content (AvgIpc) is 2.65. The molecular formula is C15H27N5. The van der Waals surface area contributed by atoms with Gasteiger partial charge in [0.25, 0.3) is 0 Å². The first kappa shape index (κ1) is 15.0. The lowest BCUT2D eigenvalue weighted by Gasteiger charge is -2.25. The van der Waals surface area contributed by atoms with Crippen LogP contribution in [0.2, 0.25) is 0 Å². The van der Waals surface area contributed by atoms with Crippen LogP contribution in [0.4, 0.5) is 11.6 Å². The number of nitrogens with zero attached hydrogens (tertiary/aromatic N) is 4. The maximum absolute atomic E-state index is 4.82. The number of nitrogens with one attached hydrogen (secondary N) is 1. The van der Waals surface area contributed by atoms with Crippen LogP contribution in [0.1, 0.15) is 31.2 Å². The maximum Gasteiger partial charge on any atom is 0.137 e. The predicted molar refractivity (Wildman–Crippen MR) is 84.6 cm³/mol. The minimum absolute atomic E-state index is 0.940. The minimum atomic E-state index is 0.940. The third-order valence-corrected chi connectivity index (χ3v) is 3.90. The molecule has 1 aromatic heterocycles. The molecule has 2 heterocycles.